The van der Waals surface area contributed by atoms with E-state index in [1.165, 1.54) is 25.3 Å². The first-order valence-corrected chi connectivity index (χ1v) is 7.23. The standard InChI is InChI=1S/C16H18O4/c17-15-9-12(10-4-2-1-3-5-10)13-8-11(16(18)19)6-7-14(13)20-15/h6-8,10,12H,1-5,9H2,(H,18,19)/t12-/m1/s1. The van der Waals surface area contributed by atoms with Crippen molar-refractivity contribution in [2.24, 2.45) is 5.92 Å². The van der Waals surface area contributed by atoms with Crippen LogP contribution in [0.25, 0.3) is 0 Å². The molecule has 2 aliphatic rings. The molecule has 1 fully saturated rings. The van der Waals surface area contributed by atoms with E-state index in [1.807, 2.05) is 0 Å². The van der Waals surface area contributed by atoms with Gasteiger partial charge >= 0.3 is 11.9 Å². The SMILES string of the molecule is O=C1C[C@H](C2CCCCC2)c2cc(C(=O)O)ccc2O1. The van der Waals surface area contributed by atoms with Crippen LogP contribution in [-0.4, -0.2) is 17.0 Å². The van der Waals surface area contributed by atoms with E-state index in [-0.39, 0.29) is 17.5 Å². The number of rotatable bonds is 2. The molecular formula is C16H18O4. The Hall–Kier alpha value is -1.84. The smallest absolute Gasteiger partial charge is 0.335 e. The van der Waals surface area contributed by atoms with Crippen LogP contribution in [0.2, 0.25) is 0 Å². The molecule has 1 aromatic rings. The van der Waals surface area contributed by atoms with Gasteiger partial charge in [-0.25, -0.2) is 4.79 Å². The summed E-state index contributed by atoms with van der Waals surface area (Å²) < 4.78 is 5.26. The zero-order valence-corrected chi connectivity index (χ0v) is 11.3. The zero-order chi connectivity index (χ0) is 14.1. The van der Waals surface area contributed by atoms with Crippen molar-refractivity contribution in [2.45, 2.75) is 44.4 Å². The van der Waals surface area contributed by atoms with Gasteiger partial charge in [0.2, 0.25) is 0 Å². The molecule has 1 heterocycles. The highest BCUT2D eigenvalue weighted by Crippen LogP contribution is 2.44. The van der Waals surface area contributed by atoms with Crippen molar-refractivity contribution in [2.75, 3.05) is 0 Å². The third-order valence-corrected chi connectivity index (χ3v) is 4.49. The topological polar surface area (TPSA) is 63.6 Å². The lowest BCUT2D eigenvalue weighted by Gasteiger charge is -2.33. The van der Waals surface area contributed by atoms with Crippen LogP contribution in [0, 0.1) is 5.92 Å². The fourth-order valence-corrected chi connectivity index (χ4v) is 3.48. The van der Waals surface area contributed by atoms with E-state index in [9.17, 15) is 9.59 Å². The lowest BCUT2D eigenvalue weighted by atomic mass is 9.74. The number of carbonyl (C=O) groups excluding carboxylic acids is 1. The quantitative estimate of drug-likeness (QED) is 0.663. The third kappa shape index (κ3) is 2.42. The monoisotopic (exact) mass is 274 g/mol. The van der Waals surface area contributed by atoms with Gasteiger partial charge in [0, 0.05) is 5.92 Å². The highest BCUT2D eigenvalue weighted by Gasteiger charge is 2.34. The largest absolute Gasteiger partial charge is 0.478 e. The van der Waals surface area contributed by atoms with Gasteiger partial charge in [-0.1, -0.05) is 19.3 Å². The van der Waals surface area contributed by atoms with Gasteiger partial charge in [-0.3, -0.25) is 4.79 Å². The predicted molar refractivity (Wildman–Crippen MR) is 73.0 cm³/mol. The summed E-state index contributed by atoms with van der Waals surface area (Å²) in [5.74, 6) is -0.00434. The lowest BCUT2D eigenvalue weighted by molar-refractivity contribution is -0.136. The molecule has 4 nitrogen and oxygen atoms in total. The summed E-state index contributed by atoms with van der Waals surface area (Å²) in [6.45, 7) is 0. The number of benzene rings is 1. The average molecular weight is 274 g/mol. The first-order valence-electron chi connectivity index (χ1n) is 7.23. The maximum atomic E-state index is 11.8. The number of ether oxygens (including phenoxy) is 1. The highest BCUT2D eigenvalue weighted by atomic mass is 16.5. The second-order valence-corrected chi connectivity index (χ2v) is 5.74. The molecule has 0 aromatic heterocycles. The number of carbonyl (C=O) groups is 2. The van der Waals surface area contributed by atoms with E-state index in [1.54, 1.807) is 12.1 Å². The molecule has 1 aliphatic carbocycles. The van der Waals surface area contributed by atoms with Gasteiger partial charge in [0.15, 0.2) is 0 Å². The Morgan fingerprint density at radius 3 is 2.65 bits per heavy atom. The third-order valence-electron chi connectivity index (χ3n) is 4.49. The maximum absolute atomic E-state index is 11.8. The van der Waals surface area contributed by atoms with Crippen LogP contribution < -0.4 is 4.74 Å². The highest BCUT2D eigenvalue weighted by molar-refractivity contribution is 5.88. The molecule has 1 atom stereocenters. The average Bonchev–Trinajstić information content (AvgIpc) is 2.46. The number of hydrogen-bond acceptors (Lipinski definition) is 3. The maximum Gasteiger partial charge on any atom is 0.335 e. The minimum absolute atomic E-state index is 0.117. The number of hydrogen-bond donors (Lipinski definition) is 1. The van der Waals surface area contributed by atoms with Crippen LogP contribution in [0.5, 0.6) is 5.75 Å². The Morgan fingerprint density at radius 1 is 1.20 bits per heavy atom. The van der Waals surface area contributed by atoms with Gasteiger partial charge in [0.1, 0.15) is 5.75 Å². The van der Waals surface area contributed by atoms with Gasteiger partial charge in [-0.05, 0) is 42.5 Å². The van der Waals surface area contributed by atoms with Crippen molar-refractivity contribution in [1.29, 1.82) is 0 Å². The van der Waals surface area contributed by atoms with Crippen molar-refractivity contribution >= 4 is 11.9 Å². The number of carboxylic acid groups (broad SMARTS) is 1. The molecule has 0 radical (unpaired) electrons. The van der Waals surface area contributed by atoms with Crippen molar-refractivity contribution < 1.29 is 19.4 Å². The van der Waals surface area contributed by atoms with E-state index in [0.29, 0.717) is 18.1 Å². The molecule has 0 bridgehead atoms. The first-order chi connectivity index (χ1) is 9.65. The molecule has 3 rings (SSSR count). The van der Waals surface area contributed by atoms with Crippen LogP contribution in [0.4, 0.5) is 0 Å². The Balaban J connectivity index is 1.97. The molecule has 1 N–H and O–H groups in total. The minimum Gasteiger partial charge on any atom is -0.478 e. The van der Waals surface area contributed by atoms with Crippen LogP contribution in [0.15, 0.2) is 18.2 Å². The summed E-state index contributed by atoms with van der Waals surface area (Å²) in [4.78, 5) is 22.9. The second-order valence-electron chi connectivity index (χ2n) is 5.74. The number of aromatic carboxylic acids is 1. The Kier molecular flexibility index (Phi) is 3.47. The van der Waals surface area contributed by atoms with Gasteiger partial charge in [0.25, 0.3) is 0 Å². The molecule has 0 saturated heterocycles. The molecule has 0 spiro atoms. The summed E-state index contributed by atoms with van der Waals surface area (Å²) >= 11 is 0. The van der Waals surface area contributed by atoms with E-state index in [0.717, 1.165) is 18.4 Å². The van der Waals surface area contributed by atoms with Crippen molar-refractivity contribution in [3.8, 4) is 5.75 Å². The van der Waals surface area contributed by atoms with Gasteiger partial charge in [0.05, 0.1) is 12.0 Å². The number of fused-ring (bicyclic) bond motifs is 1. The molecule has 106 valence electrons. The first kappa shape index (κ1) is 13.2. The summed E-state index contributed by atoms with van der Waals surface area (Å²) in [7, 11) is 0. The molecule has 20 heavy (non-hydrogen) atoms. The summed E-state index contributed by atoms with van der Waals surface area (Å²) in [5.41, 5.74) is 1.17. The normalized spacial score (nSPS) is 23.0. The van der Waals surface area contributed by atoms with Gasteiger partial charge in [-0.2, -0.15) is 0 Å². The Labute approximate surface area is 117 Å². The summed E-state index contributed by atoms with van der Waals surface area (Å²) in [6, 6.07) is 4.80. The van der Waals surface area contributed by atoms with Crippen molar-refractivity contribution in [3.63, 3.8) is 0 Å². The summed E-state index contributed by atoms with van der Waals surface area (Å²) in [6.07, 6.45) is 6.27. The molecule has 1 saturated carbocycles. The molecular weight excluding hydrogens is 256 g/mol. The van der Waals surface area contributed by atoms with E-state index < -0.39 is 5.97 Å². The number of esters is 1. The van der Waals surface area contributed by atoms with Crippen molar-refractivity contribution in [1.82, 2.24) is 0 Å². The van der Waals surface area contributed by atoms with Crippen LogP contribution in [-0.2, 0) is 4.79 Å². The fourth-order valence-electron chi connectivity index (χ4n) is 3.48. The van der Waals surface area contributed by atoms with Crippen LogP contribution in [0.1, 0.15) is 60.4 Å². The Morgan fingerprint density at radius 2 is 1.95 bits per heavy atom. The molecule has 0 amide bonds. The Bertz CT molecular complexity index is 543. The molecule has 0 unspecified atom stereocenters. The van der Waals surface area contributed by atoms with Gasteiger partial charge in [-0.15, -0.1) is 0 Å². The molecule has 1 aromatic carbocycles. The number of carboxylic acids is 1. The van der Waals surface area contributed by atoms with Crippen molar-refractivity contribution in [3.05, 3.63) is 29.3 Å². The van der Waals surface area contributed by atoms with Crippen LogP contribution in [0.3, 0.4) is 0 Å². The zero-order valence-electron chi connectivity index (χ0n) is 11.3. The molecule has 1 aliphatic heterocycles. The second kappa shape index (κ2) is 5.27. The fraction of sp³-hybridized carbons (Fsp3) is 0.500. The summed E-state index contributed by atoms with van der Waals surface area (Å²) in [5, 5.41) is 9.13. The minimum atomic E-state index is -0.938. The van der Waals surface area contributed by atoms with Crippen LogP contribution >= 0.6 is 0 Å². The van der Waals surface area contributed by atoms with E-state index in [2.05, 4.69) is 0 Å². The van der Waals surface area contributed by atoms with Gasteiger partial charge < -0.3 is 9.84 Å². The van der Waals surface area contributed by atoms with E-state index >= 15 is 0 Å². The predicted octanol–water partition coefficient (Wildman–Crippen LogP) is 3.36. The van der Waals surface area contributed by atoms with E-state index in [4.69, 9.17) is 9.84 Å². The lowest BCUT2D eigenvalue weighted by Crippen LogP contribution is -2.26. The molecule has 4 heteroatoms.